The molecule has 16 heavy (non-hydrogen) atoms. The molecule has 0 amide bonds. The summed E-state index contributed by atoms with van der Waals surface area (Å²) in [5.41, 5.74) is 1.01. The number of nitrogens with zero attached hydrogens (tertiary/aromatic N) is 2. The highest BCUT2D eigenvalue weighted by atomic mass is 79.9. The molecule has 0 saturated heterocycles. The number of anilines is 1. The Kier molecular flexibility index (Phi) is 5.69. The molecule has 1 aromatic heterocycles. The molecule has 0 fully saturated rings. The SMILES string of the molecule is CCCOCc1nc(CC)c(Br)c(NC)n1. The smallest absolute Gasteiger partial charge is 0.156 e. The van der Waals surface area contributed by atoms with Gasteiger partial charge < -0.3 is 10.1 Å². The maximum absolute atomic E-state index is 5.44. The summed E-state index contributed by atoms with van der Waals surface area (Å²) < 4.78 is 6.38. The van der Waals surface area contributed by atoms with Gasteiger partial charge in [0, 0.05) is 13.7 Å². The van der Waals surface area contributed by atoms with Gasteiger partial charge in [-0.05, 0) is 28.8 Å². The fourth-order valence-electron chi connectivity index (χ4n) is 1.32. The lowest BCUT2D eigenvalue weighted by Crippen LogP contribution is -2.07. The van der Waals surface area contributed by atoms with E-state index in [4.69, 9.17) is 4.74 Å². The number of aryl methyl sites for hydroxylation is 1. The van der Waals surface area contributed by atoms with Crippen molar-refractivity contribution in [2.45, 2.75) is 33.3 Å². The normalized spacial score (nSPS) is 10.5. The summed E-state index contributed by atoms with van der Waals surface area (Å²) in [4.78, 5) is 8.83. The number of hydrogen-bond donors (Lipinski definition) is 1. The van der Waals surface area contributed by atoms with Crippen molar-refractivity contribution in [3.63, 3.8) is 0 Å². The second kappa shape index (κ2) is 6.81. The first-order valence-electron chi connectivity index (χ1n) is 5.53. The van der Waals surface area contributed by atoms with Gasteiger partial charge in [-0.25, -0.2) is 9.97 Å². The molecule has 4 nitrogen and oxygen atoms in total. The molecular weight excluding hydrogens is 270 g/mol. The van der Waals surface area contributed by atoms with Crippen molar-refractivity contribution >= 4 is 21.7 Å². The van der Waals surface area contributed by atoms with Gasteiger partial charge in [-0.2, -0.15) is 0 Å². The molecule has 0 atom stereocenters. The largest absolute Gasteiger partial charge is 0.373 e. The van der Waals surface area contributed by atoms with Gasteiger partial charge in [0.25, 0.3) is 0 Å². The predicted molar refractivity (Wildman–Crippen MR) is 68.6 cm³/mol. The molecule has 1 N–H and O–H groups in total. The summed E-state index contributed by atoms with van der Waals surface area (Å²) in [6.07, 6.45) is 1.88. The maximum Gasteiger partial charge on any atom is 0.156 e. The van der Waals surface area contributed by atoms with Gasteiger partial charge in [0.15, 0.2) is 5.82 Å². The molecule has 1 aromatic rings. The second-order valence-electron chi connectivity index (χ2n) is 3.41. The van der Waals surface area contributed by atoms with Crippen LogP contribution in [0.2, 0.25) is 0 Å². The van der Waals surface area contributed by atoms with Gasteiger partial charge in [-0.15, -0.1) is 0 Å². The molecule has 0 radical (unpaired) electrons. The molecule has 0 spiro atoms. The zero-order chi connectivity index (χ0) is 12.0. The molecule has 0 aliphatic heterocycles. The summed E-state index contributed by atoms with van der Waals surface area (Å²) in [6.45, 7) is 5.38. The lowest BCUT2D eigenvalue weighted by molar-refractivity contribution is 0.116. The summed E-state index contributed by atoms with van der Waals surface area (Å²) in [5, 5.41) is 3.05. The summed E-state index contributed by atoms with van der Waals surface area (Å²) in [7, 11) is 1.85. The first-order valence-corrected chi connectivity index (χ1v) is 6.33. The van der Waals surface area contributed by atoms with Crippen molar-refractivity contribution in [3.8, 4) is 0 Å². The van der Waals surface area contributed by atoms with Crippen LogP contribution in [0.4, 0.5) is 5.82 Å². The van der Waals surface area contributed by atoms with Crippen LogP contribution in [0.3, 0.4) is 0 Å². The number of rotatable bonds is 6. The lowest BCUT2D eigenvalue weighted by Gasteiger charge is -2.10. The fraction of sp³-hybridized carbons (Fsp3) is 0.636. The lowest BCUT2D eigenvalue weighted by atomic mass is 10.3. The average molecular weight is 288 g/mol. The van der Waals surface area contributed by atoms with E-state index in [0.717, 1.165) is 41.3 Å². The molecule has 5 heteroatoms. The Morgan fingerprint density at radius 1 is 1.31 bits per heavy atom. The molecule has 0 aliphatic carbocycles. The van der Waals surface area contributed by atoms with E-state index < -0.39 is 0 Å². The van der Waals surface area contributed by atoms with Gasteiger partial charge in [0.05, 0.1) is 10.2 Å². The van der Waals surface area contributed by atoms with Crippen LogP contribution in [0.5, 0.6) is 0 Å². The molecule has 90 valence electrons. The van der Waals surface area contributed by atoms with E-state index >= 15 is 0 Å². The Bertz CT molecular complexity index is 319. The minimum atomic E-state index is 0.475. The number of nitrogens with one attached hydrogen (secondary N) is 1. The summed E-state index contributed by atoms with van der Waals surface area (Å²) >= 11 is 3.49. The van der Waals surface area contributed by atoms with Crippen LogP contribution in [-0.2, 0) is 17.8 Å². The van der Waals surface area contributed by atoms with E-state index in [0.29, 0.717) is 6.61 Å². The molecule has 0 aromatic carbocycles. The van der Waals surface area contributed by atoms with Crippen LogP contribution < -0.4 is 5.32 Å². The quantitative estimate of drug-likeness (QED) is 0.818. The third kappa shape index (κ3) is 3.42. The van der Waals surface area contributed by atoms with E-state index in [-0.39, 0.29) is 0 Å². The molecule has 0 unspecified atom stereocenters. The molecule has 0 bridgehead atoms. The van der Waals surface area contributed by atoms with E-state index in [1.807, 2.05) is 7.05 Å². The highest BCUT2D eigenvalue weighted by molar-refractivity contribution is 9.10. The molecule has 0 saturated carbocycles. The van der Waals surface area contributed by atoms with E-state index in [9.17, 15) is 0 Å². The van der Waals surface area contributed by atoms with Gasteiger partial charge in [0.2, 0.25) is 0 Å². The minimum Gasteiger partial charge on any atom is -0.373 e. The maximum atomic E-state index is 5.44. The monoisotopic (exact) mass is 287 g/mol. The number of aromatic nitrogens is 2. The van der Waals surface area contributed by atoms with E-state index in [1.54, 1.807) is 0 Å². The van der Waals surface area contributed by atoms with E-state index in [2.05, 4.69) is 45.1 Å². The topological polar surface area (TPSA) is 47.0 Å². The van der Waals surface area contributed by atoms with Gasteiger partial charge in [0.1, 0.15) is 12.4 Å². The zero-order valence-electron chi connectivity index (χ0n) is 10.0. The Labute approximate surface area is 105 Å². The van der Waals surface area contributed by atoms with Gasteiger partial charge in [-0.3, -0.25) is 0 Å². The molecule has 0 aliphatic rings. The number of ether oxygens (including phenoxy) is 1. The Hall–Kier alpha value is -0.680. The van der Waals surface area contributed by atoms with Crippen molar-refractivity contribution in [1.82, 2.24) is 9.97 Å². The van der Waals surface area contributed by atoms with Crippen LogP contribution in [0.1, 0.15) is 31.8 Å². The summed E-state index contributed by atoms with van der Waals surface area (Å²) in [6, 6.07) is 0. The third-order valence-corrected chi connectivity index (χ3v) is 2.95. The highest BCUT2D eigenvalue weighted by Crippen LogP contribution is 2.23. The third-order valence-electron chi connectivity index (χ3n) is 2.12. The van der Waals surface area contributed by atoms with Crippen molar-refractivity contribution in [2.75, 3.05) is 19.0 Å². The Morgan fingerprint density at radius 2 is 2.06 bits per heavy atom. The van der Waals surface area contributed by atoms with Crippen LogP contribution >= 0.6 is 15.9 Å². The predicted octanol–water partition coefficient (Wildman–Crippen LogP) is 2.77. The van der Waals surface area contributed by atoms with Crippen molar-refractivity contribution in [1.29, 1.82) is 0 Å². The van der Waals surface area contributed by atoms with Crippen LogP contribution in [0, 0.1) is 0 Å². The van der Waals surface area contributed by atoms with Crippen LogP contribution in [-0.4, -0.2) is 23.6 Å². The second-order valence-corrected chi connectivity index (χ2v) is 4.20. The molecule has 1 rings (SSSR count). The van der Waals surface area contributed by atoms with Crippen molar-refractivity contribution < 1.29 is 4.74 Å². The van der Waals surface area contributed by atoms with Gasteiger partial charge in [-0.1, -0.05) is 13.8 Å². The highest BCUT2D eigenvalue weighted by Gasteiger charge is 2.09. The van der Waals surface area contributed by atoms with Crippen molar-refractivity contribution in [2.24, 2.45) is 0 Å². The minimum absolute atomic E-state index is 0.475. The van der Waals surface area contributed by atoms with Crippen molar-refractivity contribution in [3.05, 3.63) is 16.0 Å². The average Bonchev–Trinajstić information content (AvgIpc) is 2.31. The zero-order valence-corrected chi connectivity index (χ0v) is 11.6. The first-order chi connectivity index (χ1) is 7.72. The Morgan fingerprint density at radius 3 is 2.62 bits per heavy atom. The van der Waals surface area contributed by atoms with E-state index in [1.165, 1.54) is 0 Å². The first kappa shape index (κ1) is 13.4. The summed E-state index contributed by atoms with van der Waals surface area (Å²) in [5.74, 6) is 1.56. The number of halogens is 1. The molecule has 1 heterocycles. The standard InChI is InChI=1S/C11H18BrN3O/c1-4-6-16-7-9-14-8(5-2)10(12)11(13-3)15-9/h4-7H2,1-3H3,(H,13,14,15). The van der Waals surface area contributed by atoms with Crippen LogP contribution in [0.25, 0.3) is 0 Å². The van der Waals surface area contributed by atoms with Gasteiger partial charge >= 0.3 is 0 Å². The Balaban J connectivity index is 2.84. The molecular formula is C11H18BrN3O. The number of hydrogen-bond acceptors (Lipinski definition) is 4. The van der Waals surface area contributed by atoms with Crippen LogP contribution in [0.15, 0.2) is 4.47 Å². The fourth-order valence-corrected chi connectivity index (χ4v) is 1.97.